The zero-order valence-corrected chi connectivity index (χ0v) is 23.3. The van der Waals surface area contributed by atoms with Gasteiger partial charge in [0, 0.05) is 55.0 Å². The van der Waals surface area contributed by atoms with E-state index in [4.69, 9.17) is 8.67 Å². The number of ketones is 1. The van der Waals surface area contributed by atoms with Gasteiger partial charge in [0.05, 0.1) is 41.8 Å². The van der Waals surface area contributed by atoms with Crippen molar-refractivity contribution in [3.8, 4) is 0 Å². The Morgan fingerprint density at radius 1 is 1.10 bits per heavy atom. The second-order valence-corrected chi connectivity index (χ2v) is 12.2. The third kappa shape index (κ3) is 6.06. The third-order valence-corrected chi connectivity index (χ3v) is 9.04. The van der Waals surface area contributed by atoms with Crippen LogP contribution in [0.4, 0.5) is 15.8 Å². The van der Waals surface area contributed by atoms with Crippen LogP contribution in [0.3, 0.4) is 0 Å². The van der Waals surface area contributed by atoms with Crippen molar-refractivity contribution in [1.29, 1.82) is 0 Å². The molecule has 0 saturated carbocycles. The molecular formula is C31H37FN3O4S+. The smallest absolute Gasteiger partial charge is 0.294 e. The van der Waals surface area contributed by atoms with Crippen LogP contribution < -0.4 is 14.7 Å². The minimum absolute atomic E-state index is 0.0666. The molecular weight excluding hydrogens is 529 g/mol. The van der Waals surface area contributed by atoms with Crippen LogP contribution in [-0.2, 0) is 10.1 Å². The molecule has 3 aliphatic heterocycles. The highest BCUT2D eigenvalue weighted by atomic mass is 32.2. The molecule has 0 bridgehead atoms. The molecule has 9 heteroatoms. The average molecular weight is 570 g/mol. The molecule has 1 fully saturated rings. The Hall–Kier alpha value is -3.27. The van der Waals surface area contributed by atoms with E-state index in [1.54, 1.807) is 29.2 Å². The highest BCUT2D eigenvalue weighted by Gasteiger charge is 2.46. The van der Waals surface area contributed by atoms with Gasteiger partial charge in [0.15, 0.2) is 5.78 Å². The number of likely N-dealkylation sites (tertiary alicyclic amines) is 1. The molecule has 0 aromatic heterocycles. The van der Waals surface area contributed by atoms with Crippen molar-refractivity contribution in [2.75, 3.05) is 49.5 Å². The van der Waals surface area contributed by atoms with Gasteiger partial charge in [0.2, 0.25) is 0 Å². The van der Waals surface area contributed by atoms with Crippen molar-refractivity contribution in [3.63, 3.8) is 0 Å². The second-order valence-electron chi connectivity index (χ2n) is 10.8. The third-order valence-electron chi connectivity index (χ3n) is 8.17. The van der Waals surface area contributed by atoms with Gasteiger partial charge in [0.1, 0.15) is 5.82 Å². The maximum absolute atomic E-state index is 13.1. The minimum atomic E-state index is -4.02. The second kappa shape index (κ2) is 11.7. The van der Waals surface area contributed by atoms with Crippen LogP contribution in [0.1, 0.15) is 50.8 Å². The fourth-order valence-corrected chi connectivity index (χ4v) is 6.64. The first-order valence-corrected chi connectivity index (χ1v) is 15.1. The van der Waals surface area contributed by atoms with Crippen LogP contribution in [-0.4, -0.2) is 64.5 Å². The van der Waals surface area contributed by atoms with Gasteiger partial charge in [-0.2, -0.15) is 8.42 Å². The number of nitrogens with zero attached hydrogens (tertiary/aromatic N) is 2. The number of piperidine rings is 1. The number of hydrogen-bond acceptors (Lipinski definition) is 5. The number of rotatable bonds is 6. The molecule has 3 aromatic carbocycles. The standard InChI is InChI=1S/C24H28FN3O.C7H8O3S/c1-26-14-15-28-21-11-13-27(16-20(21)19-4-2-5-22(26)24(19)28)12-3-6-23(29)17-7-9-18(25)10-8-17;1-6-2-4-7(5-3-6)11(8,9)10/h2,4-5,7-10,20-21H,3,6,11-16H2,1H3;2-5H,1H3,(H,8,9,10)/p+1/t20-,21-;/m0./s1/i1D3;. The molecule has 6 rings (SSSR count). The lowest BCUT2D eigenvalue weighted by Crippen LogP contribution is -3.14. The number of aryl methyl sites for hydroxylation is 1. The number of carbonyl (C=O) groups is 1. The number of Topliss-reactive ketones (excluding diaryl/α,β-unsaturated/α-hetero) is 1. The van der Waals surface area contributed by atoms with Gasteiger partial charge in [-0.15, -0.1) is 0 Å². The van der Waals surface area contributed by atoms with Crippen LogP contribution in [0.15, 0.2) is 71.6 Å². The zero-order valence-electron chi connectivity index (χ0n) is 25.5. The van der Waals surface area contributed by atoms with E-state index in [-0.39, 0.29) is 16.5 Å². The zero-order chi connectivity index (χ0) is 30.9. The Bertz CT molecular complexity index is 1570. The lowest BCUT2D eigenvalue weighted by molar-refractivity contribution is -0.906. The number of hydrogen-bond donors (Lipinski definition) is 2. The summed E-state index contributed by atoms with van der Waals surface area (Å²) in [4.78, 5) is 17.9. The number of nitrogens with one attached hydrogen (secondary N) is 1. The molecule has 7 nitrogen and oxygen atoms in total. The molecule has 0 aliphatic carbocycles. The summed E-state index contributed by atoms with van der Waals surface area (Å²) < 4.78 is 66.4. The maximum Gasteiger partial charge on any atom is 0.294 e. The molecule has 0 amide bonds. The number of anilines is 2. The van der Waals surface area contributed by atoms with Gasteiger partial charge in [-0.3, -0.25) is 9.35 Å². The number of para-hydroxylation sites is 1. The van der Waals surface area contributed by atoms with Crippen molar-refractivity contribution >= 4 is 27.3 Å². The predicted molar refractivity (Wildman–Crippen MR) is 155 cm³/mol. The Labute approximate surface area is 240 Å². The summed E-state index contributed by atoms with van der Waals surface area (Å²) in [5, 5.41) is 0. The molecule has 1 saturated heterocycles. The first-order valence-electron chi connectivity index (χ1n) is 15.2. The first-order chi connectivity index (χ1) is 20.3. The molecule has 212 valence electrons. The van der Waals surface area contributed by atoms with Crippen molar-refractivity contribution in [2.24, 2.45) is 0 Å². The average Bonchev–Trinajstić information content (AvgIpc) is 3.27. The van der Waals surface area contributed by atoms with E-state index in [1.807, 2.05) is 19.1 Å². The van der Waals surface area contributed by atoms with Crippen LogP contribution in [0.5, 0.6) is 0 Å². The molecule has 0 radical (unpaired) electrons. The Balaban J connectivity index is 0.000000283. The lowest BCUT2D eigenvalue weighted by atomic mass is 9.89. The van der Waals surface area contributed by atoms with Gasteiger partial charge in [-0.05, 0) is 55.0 Å². The largest absolute Gasteiger partial charge is 0.371 e. The molecule has 3 heterocycles. The first kappa shape index (κ1) is 24.5. The normalized spacial score (nSPS) is 22.7. The Kier molecular flexibility index (Phi) is 7.16. The summed E-state index contributed by atoms with van der Waals surface area (Å²) in [6.07, 6.45) is 2.36. The number of halogens is 1. The molecule has 3 atom stereocenters. The van der Waals surface area contributed by atoms with E-state index < -0.39 is 17.1 Å². The number of carbonyl (C=O) groups excluding carboxylic acids is 1. The summed E-state index contributed by atoms with van der Waals surface area (Å²) >= 11 is 0. The van der Waals surface area contributed by atoms with Gasteiger partial charge < -0.3 is 14.7 Å². The summed E-state index contributed by atoms with van der Waals surface area (Å²) in [6, 6.07) is 18.3. The van der Waals surface area contributed by atoms with Gasteiger partial charge in [-0.25, -0.2) is 4.39 Å². The molecule has 3 aliphatic rings. The van der Waals surface area contributed by atoms with E-state index in [0.717, 1.165) is 56.0 Å². The summed E-state index contributed by atoms with van der Waals surface area (Å²) in [6.45, 7) is 4.01. The van der Waals surface area contributed by atoms with Crippen molar-refractivity contribution in [3.05, 3.63) is 89.2 Å². The SMILES string of the molecule is Cc1ccc(S(=O)(=O)O)cc1.[2H]C([2H])([2H])N1CCN2c3c(cccc31)[C@@H]1C[NH+](CCCC(=O)c3ccc(F)cc3)CC[C@@H]12. The van der Waals surface area contributed by atoms with E-state index in [1.165, 1.54) is 34.7 Å². The highest BCUT2D eigenvalue weighted by Crippen LogP contribution is 2.48. The van der Waals surface area contributed by atoms with Crippen LogP contribution in [0.2, 0.25) is 0 Å². The maximum atomic E-state index is 13.1. The molecule has 1 unspecified atom stereocenters. The topological polar surface area (TPSA) is 82.4 Å². The fraction of sp³-hybridized carbons (Fsp3) is 0.387. The van der Waals surface area contributed by atoms with Gasteiger partial charge in [-0.1, -0.05) is 29.8 Å². The number of likely N-dealkylation sites (N-methyl/N-ethyl adjacent to an activating group) is 1. The Morgan fingerprint density at radius 2 is 1.85 bits per heavy atom. The molecule has 40 heavy (non-hydrogen) atoms. The minimum Gasteiger partial charge on any atom is -0.371 e. The van der Waals surface area contributed by atoms with Crippen molar-refractivity contribution < 1.29 is 31.2 Å². The monoisotopic (exact) mass is 569 g/mol. The summed E-state index contributed by atoms with van der Waals surface area (Å²) in [7, 11) is -4.02. The quantitative estimate of drug-likeness (QED) is 0.348. The molecule has 0 spiro atoms. The van der Waals surface area contributed by atoms with Crippen LogP contribution in [0.25, 0.3) is 0 Å². The van der Waals surface area contributed by atoms with E-state index in [2.05, 4.69) is 11.0 Å². The van der Waals surface area contributed by atoms with Gasteiger partial charge >= 0.3 is 0 Å². The van der Waals surface area contributed by atoms with Crippen LogP contribution >= 0.6 is 0 Å². The van der Waals surface area contributed by atoms with Crippen LogP contribution in [0, 0.1) is 12.7 Å². The van der Waals surface area contributed by atoms with E-state index >= 15 is 0 Å². The van der Waals surface area contributed by atoms with Crippen molar-refractivity contribution in [2.45, 2.75) is 43.0 Å². The Morgan fingerprint density at radius 3 is 2.55 bits per heavy atom. The summed E-state index contributed by atoms with van der Waals surface area (Å²) in [5.41, 5.74) is 4.77. The molecule has 3 aromatic rings. The van der Waals surface area contributed by atoms with E-state index in [0.29, 0.717) is 30.5 Å². The van der Waals surface area contributed by atoms with Crippen molar-refractivity contribution in [1.82, 2.24) is 0 Å². The highest BCUT2D eigenvalue weighted by molar-refractivity contribution is 7.85. The number of quaternary nitrogens is 1. The van der Waals surface area contributed by atoms with E-state index in [9.17, 15) is 17.6 Å². The van der Waals surface area contributed by atoms with Gasteiger partial charge in [0.25, 0.3) is 10.1 Å². The molecule has 2 N–H and O–H groups in total. The number of fused-ring (bicyclic) bond motifs is 3. The lowest BCUT2D eigenvalue weighted by Gasteiger charge is -2.40. The fourth-order valence-electron chi connectivity index (χ4n) is 6.16. The summed E-state index contributed by atoms with van der Waals surface area (Å²) in [5.74, 6) is 0.142. The number of benzene rings is 3. The predicted octanol–water partition coefficient (Wildman–Crippen LogP) is 3.74.